The smallest absolute Gasteiger partial charge is 0.160 e. The first-order valence-corrected chi connectivity index (χ1v) is 10.9. The Labute approximate surface area is 175 Å². The molecule has 0 aliphatic carbocycles. The van der Waals surface area contributed by atoms with Crippen molar-refractivity contribution in [3.05, 3.63) is 78.4 Å². The predicted octanol–water partition coefficient (Wildman–Crippen LogP) is 4.86. The van der Waals surface area contributed by atoms with Gasteiger partial charge in [0.1, 0.15) is 11.8 Å². The minimum absolute atomic E-state index is 0.00236. The minimum Gasteiger partial charge on any atom is -0.494 e. The average molecular weight is 405 g/mol. The number of ether oxygens (including phenoxy) is 1. The van der Waals surface area contributed by atoms with Crippen LogP contribution in [0.3, 0.4) is 0 Å². The Morgan fingerprint density at radius 3 is 2.72 bits per heavy atom. The van der Waals surface area contributed by atoms with E-state index in [0.717, 1.165) is 28.8 Å². The van der Waals surface area contributed by atoms with Gasteiger partial charge in [0, 0.05) is 35.6 Å². The van der Waals surface area contributed by atoms with Crippen LogP contribution in [0.5, 0.6) is 5.75 Å². The second-order valence-electron chi connectivity index (χ2n) is 7.37. The highest BCUT2D eigenvalue weighted by atomic mass is 32.2. The van der Waals surface area contributed by atoms with Crippen LogP contribution < -0.4 is 4.74 Å². The van der Waals surface area contributed by atoms with Crippen molar-refractivity contribution in [2.24, 2.45) is 4.99 Å². The molecule has 2 aliphatic heterocycles. The molecule has 0 saturated carbocycles. The monoisotopic (exact) mass is 404 g/mol. The molecule has 3 aromatic rings. The Morgan fingerprint density at radius 2 is 1.97 bits per heavy atom. The van der Waals surface area contributed by atoms with Crippen LogP contribution >= 0.6 is 11.8 Å². The third-order valence-electron chi connectivity index (χ3n) is 5.39. The summed E-state index contributed by atoms with van der Waals surface area (Å²) in [5, 5.41) is 1.69. The van der Waals surface area contributed by atoms with E-state index < -0.39 is 0 Å². The number of pyridine rings is 1. The first kappa shape index (κ1) is 18.3. The molecule has 1 saturated heterocycles. The maximum Gasteiger partial charge on any atom is 0.160 e. The minimum atomic E-state index is 0.00236. The van der Waals surface area contributed by atoms with Gasteiger partial charge in [-0.05, 0) is 55.5 Å². The van der Waals surface area contributed by atoms with Crippen LogP contribution in [0.4, 0.5) is 0 Å². The lowest BCUT2D eigenvalue weighted by atomic mass is 10.0. The van der Waals surface area contributed by atoms with Crippen LogP contribution in [0.25, 0.3) is 5.69 Å². The van der Waals surface area contributed by atoms with E-state index in [1.54, 1.807) is 0 Å². The van der Waals surface area contributed by atoms with Crippen molar-refractivity contribution in [3.8, 4) is 11.4 Å². The number of aromatic nitrogens is 2. The number of aliphatic imine (C=N–C) groups is 1. The highest BCUT2D eigenvalue weighted by Crippen LogP contribution is 2.47. The maximum atomic E-state index is 5.60. The van der Waals surface area contributed by atoms with E-state index in [0.29, 0.717) is 11.9 Å². The van der Waals surface area contributed by atoms with Gasteiger partial charge in [-0.25, -0.2) is 0 Å². The molecule has 4 heterocycles. The highest BCUT2D eigenvalue weighted by Gasteiger charge is 2.44. The first-order chi connectivity index (χ1) is 14.2. The van der Waals surface area contributed by atoms with Gasteiger partial charge < -0.3 is 14.2 Å². The van der Waals surface area contributed by atoms with E-state index in [9.17, 15) is 0 Å². The lowest BCUT2D eigenvalue weighted by Crippen LogP contribution is -2.30. The van der Waals surface area contributed by atoms with Crippen LogP contribution in [0.2, 0.25) is 0 Å². The number of fused-ring (bicyclic) bond motifs is 1. The Bertz CT molecular complexity index is 1010. The van der Waals surface area contributed by atoms with Crippen molar-refractivity contribution in [1.29, 1.82) is 0 Å². The molecule has 5 nitrogen and oxygen atoms in total. The molecule has 0 spiro atoms. The molecule has 5 rings (SSSR count). The van der Waals surface area contributed by atoms with Gasteiger partial charge in [-0.2, -0.15) is 0 Å². The van der Waals surface area contributed by atoms with Crippen molar-refractivity contribution in [2.75, 3.05) is 13.2 Å². The lowest BCUT2D eigenvalue weighted by molar-refractivity contribution is 0.312. The van der Waals surface area contributed by atoms with Crippen molar-refractivity contribution >= 4 is 16.9 Å². The SMILES string of the molecule is CCOc1ccc(-n2cccc2[C@@H]2[C@H](c3ccccn3)N=C3S[C@H](C)CN32)cc1. The summed E-state index contributed by atoms with van der Waals surface area (Å²) in [6.45, 7) is 5.95. The van der Waals surface area contributed by atoms with Crippen LogP contribution in [0.1, 0.15) is 37.3 Å². The summed E-state index contributed by atoms with van der Waals surface area (Å²) in [6, 6.07) is 18.8. The number of hydrogen-bond acceptors (Lipinski definition) is 5. The summed E-state index contributed by atoms with van der Waals surface area (Å²) in [6.07, 6.45) is 3.99. The second-order valence-corrected chi connectivity index (χ2v) is 8.77. The molecule has 2 aliphatic rings. The van der Waals surface area contributed by atoms with Gasteiger partial charge in [-0.3, -0.25) is 9.98 Å². The fraction of sp³-hybridized carbons (Fsp3) is 0.304. The summed E-state index contributed by atoms with van der Waals surface area (Å²) in [4.78, 5) is 12.2. The Balaban J connectivity index is 1.55. The number of benzene rings is 1. The molecule has 148 valence electrons. The van der Waals surface area contributed by atoms with E-state index in [1.807, 2.05) is 49.1 Å². The molecule has 0 radical (unpaired) electrons. The molecular weight excluding hydrogens is 380 g/mol. The van der Waals surface area contributed by atoms with Crippen LogP contribution in [0.15, 0.2) is 72.0 Å². The van der Waals surface area contributed by atoms with Crippen LogP contribution in [-0.4, -0.2) is 38.0 Å². The highest BCUT2D eigenvalue weighted by molar-refractivity contribution is 8.14. The van der Waals surface area contributed by atoms with Gasteiger partial charge in [-0.1, -0.05) is 24.8 Å². The maximum absolute atomic E-state index is 5.60. The summed E-state index contributed by atoms with van der Waals surface area (Å²) in [5.74, 6) is 0.896. The lowest BCUT2D eigenvalue weighted by Gasteiger charge is -2.28. The van der Waals surface area contributed by atoms with Crippen molar-refractivity contribution in [2.45, 2.75) is 31.2 Å². The van der Waals surface area contributed by atoms with Gasteiger partial charge in [-0.15, -0.1) is 0 Å². The van der Waals surface area contributed by atoms with E-state index in [-0.39, 0.29) is 12.1 Å². The van der Waals surface area contributed by atoms with Crippen molar-refractivity contribution in [1.82, 2.24) is 14.5 Å². The number of amidine groups is 1. The molecule has 0 unspecified atom stereocenters. The molecule has 1 fully saturated rings. The molecule has 6 heteroatoms. The van der Waals surface area contributed by atoms with Crippen LogP contribution in [0, 0.1) is 0 Å². The molecule has 3 atom stereocenters. The van der Waals surface area contributed by atoms with Crippen molar-refractivity contribution in [3.63, 3.8) is 0 Å². The van der Waals surface area contributed by atoms with Gasteiger partial charge in [0.15, 0.2) is 5.17 Å². The standard InChI is InChI=1S/C23H24N4OS/c1-3-28-18-11-9-17(10-12-18)26-14-6-8-20(26)22-21(19-7-4-5-13-24-19)25-23-27(22)15-16(2)29-23/h4-14,16,21-22H,3,15H2,1-2H3/t16-,21+,22-/m1/s1. The Hall–Kier alpha value is -2.73. The Kier molecular flexibility index (Phi) is 4.79. The largest absolute Gasteiger partial charge is 0.494 e. The molecule has 0 N–H and O–H groups in total. The molecule has 2 aromatic heterocycles. The number of hydrogen-bond donors (Lipinski definition) is 0. The van der Waals surface area contributed by atoms with Gasteiger partial charge in [0.2, 0.25) is 0 Å². The second kappa shape index (κ2) is 7.59. The first-order valence-electron chi connectivity index (χ1n) is 10.1. The third-order valence-corrected chi connectivity index (χ3v) is 6.49. The van der Waals surface area contributed by atoms with E-state index >= 15 is 0 Å². The molecule has 1 aromatic carbocycles. The zero-order valence-electron chi connectivity index (χ0n) is 16.6. The van der Waals surface area contributed by atoms with Gasteiger partial charge in [0.05, 0.1) is 18.3 Å². The fourth-order valence-corrected chi connectivity index (χ4v) is 5.27. The zero-order valence-corrected chi connectivity index (χ0v) is 17.4. The molecule has 0 bridgehead atoms. The van der Waals surface area contributed by atoms with Gasteiger partial charge in [0.25, 0.3) is 0 Å². The van der Waals surface area contributed by atoms with Gasteiger partial charge >= 0.3 is 0 Å². The fourth-order valence-electron chi connectivity index (χ4n) is 4.18. The number of nitrogens with zero attached hydrogens (tertiary/aromatic N) is 4. The molecule has 29 heavy (non-hydrogen) atoms. The number of thioether (sulfide) groups is 1. The van der Waals surface area contributed by atoms with E-state index in [2.05, 4.69) is 57.9 Å². The topological polar surface area (TPSA) is 42.6 Å². The Morgan fingerprint density at radius 1 is 1.10 bits per heavy atom. The average Bonchev–Trinajstić information content (AvgIpc) is 3.43. The quantitative estimate of drug-likeness (QED) is 0.609. The summed E-state index contributed by atoms with van der Waals surface area (Å²) in [5.41, 5.74) is 3.38. The summed E-state index contributed by atoms with van der Waals surface area (Å²) in [7, 11) is 0. The van der Waals surface area contributed by atoms with E-state index in [4.69, 9.17) is 9.73 Å². The normalized spacial score (nSPS) is 23.2. The third kappa shape index (κ3) is 3.31. The number of rotatable bonds is 5. The summed E-state index contributed by atoms with van der Waals surface area (Å²) >= 11 is 1.87. The molecule has 0 amide bonds. The van der Waals surface area contributed by atoms with E-state index in [1.165, 1.54) is 5.69 Å². The van der Waals surface area contributed by atoms with Crippen LogP contribution in [-0.2, 0) is 0 Å². The van der Waals surface area contributed by atoms with Crippen molar-refractivity contribution < 1.29 is 4.74 Å². The molecular formula is C23H24N4OS. The zero-order chi connectivity index (χ0) is 19.8. The summed E-state index contributed by atoms with van der Waals surface area (Å²) < 4.78 is 7.87. The predicted molar refractivity (Wildman–Crippen MR) is 118 cm³/mol.